The molecule has 0 radical (unpaired) electrons. The molecule has 3 rings (SSSR count). The molecule has 0 saturated carbocycles. The zero-order chi connectivity index (χ0) is 11.3. The van der Waals surface area contributed by atoms with Crippen LogP contribution in [-0.2, 0) is 0 Å². The van der Waals surface area contributed by atoms with Gasteiger partial charge in [0.2, 0.25) is 17.7 Å². The van der Waals surface area contributed by atoms with Gasteiger partial charge in [0, 0.05) is 0 Å². The molecule has 0 saturated heterocycles. The average Bonchev–Trinajstić information content (AvgIpc) is 2.14. The molecule has 10 nitrogen and oxygen atoms in total. The minimum absolute atomic E-state index is 0. The Hall–Kier alpha value is -1.14. The first-order valence-corrected chi connectivity index (χ1v) is 4.07. The molecule has 2 aromatic rings. The summed E-state index contributed by atoms with van der Waals surface area (Å²) in [7, 11) is 0. The molecular formula is C6H2KN7O3. The molecule has 2 aromatic heterocycles. The van der Waals surface area contributed by atoms with Crippen molar-refractivity contribution in [2.45, 2.75) is 0 Å². The van der Waals surface area contributed by atoms with Crippen molar-refractivity contribution in [2.75, 3.05) is 5.32 Å². The van der Waals surface area contributed by atoms with Gasteiger partial charge in [0.15, 0.2) is 0 Å². The van der Waals surface area contributed by atoms with E-state index in [-0.39, 0.29) is 69.1 Å². The molecule has 80 valence electrons. The molecule has 3 heterocycles. The van der Waals surface area contributed by atoms with Crippen LogP contribution in [-0.4, -0.2) is 30.4 Å². The Balaban J connectivity index is 0.00000108. The molecule has 1 aliphatic heterocycles. The van der Waals surface area contributed by atoms with Gasteiger partial charge in [-0.05, 0) is 0 Å². The number of nitrogens with zero attached hydrogens (tertiary/aromatic N) is 5. The molecule has 17 heavy (non-hydrogen) atoms. The summed E-state index contributed by atoms with van der Waals surface area (Å²) in [6.07, 6.45) is 0. The van der Waals surface area contributed by atoms with Crippen molar-refractivity contribution in [2.24, 2.45) is 4.99 Å². The van der Waals surface area contributed by atoms with Crippen LogP contribution in [0.3, 0.4) is 0 Å². The van der Waals surface area contributed by atoms with Crippen molar-refractivity contribution in [1.82, 2.24) is 24.3 Å². The summed E-state index contributed by atoms with van der Waals surface area (Å²) in [5.41, 5.74) is -1.58. The predicted molar refractivity (Wildman–Crippen MR) is 48.4 cm³/mol. The first-order valence-electron chi connectivity index (χ1n) is 4.07. The second-order valence-corrected chi connectivity index (χ2v) is 2.87. The largest absolute Gasteiger partial charge is 1.00 e. The van der Waals surface area contributed by atoms with Gasteiger partial charge >= 0.3 is 62.8 Å². The molecule has 1 aliphatic rings. The zero-order valence-corrected chi connectivity index (χ0v) is 11.6. The maximum atomic E-state index is 11.1. The van der Waals surface area contributed by atoms with Crippen molar-refractivity contribution in [3.05, 3.63) is 21.0 Å². The average molecular weight is 259 g/mol. The van der Waals surface area contributed by atoms with Gasteiger partial charge in [-0.3, -0.25) is 4.98 Å². The number of aliphatic imine (C=N–C) groups is 1. The number of aromatic nitrogens is 5. The normalized spacial score (nSPS) is 12.6. The molecule has 0 aromatic carbocycles. The molecule has 0 spiro atoms. The van der Waals surface area contributed by atoms with Gasteiger partial charge in [-0.1, -0.05) is 0 Å². The van der Waals surface area contributed by atoms with E-state index in [9.17, 15) is 14.7 Å². The summed E-state index contributed by atoms with van der Waals surface area (Å²) in [5, 5.41) is 13.3. The fourth-order valence-electron chi connectivity index (χ4n) is 1.32. The summed E-state index contributed by atoms with van der Waals surface area (Å²) in [6.45, 7) is 0. The number of anilines is 1. The molecule has 0 amide bonds. The van der Waals surface area contributed by atoms with E-state index >= 15 is 0 Å². The van der Waals surface area contributed by atoms with Crippen molar-refractivity contribution >= 4 is 23.7 Å². The number of nitrogens with one attached hydrogen (secondary N) is 2. The zero-order valence-electron chi connectivity index (χ0n) is 8.46. The number of aromatic amines is 1. The van der Waals surface area contributed by atoms with E-state index in [0.29, 0.717) is 0 Å². The molecule has 0 atom stereocenters. The van der Waals surface area contributed by atoms with E-state index in [2.05, 4.69) is 30.2 Å². The van der Waals surface area contributed by atoms with Crippen LogP contribution in [0.4, 0.5) is 11.9 Å². The van der Waals surface area contributed by atoms with Gasteiger partial charge in [-0.2, -0.15) is 15.0 Å². The SMILES string of the molecule is O=c1nc2n3c(nc(=O)[nH]c3n1)NC([O-])=N2.[K+]. The Morgan fingerprint density at radius 1 is 1.18 bits per heavy atom. The van der Waals surface area contributed by atoms with E-state index in [1.54, 1.807) is 0 Å². The van der Waals surface area contributed by atoms with Crippen LogP contribution in [0.15, 0.2) is 14.6 Å². The Labute approximate surface area is 134 Å². The van der Waals surface area contributed by atoms with Crippen LogP contribution < -0.4 is 73.2 Å². The van der Waals surface area contributed by atoms with E-state index < -0.39 is 17.4 Å². The quantitative estimate of drug-likeness (QED) is 0.448. The summed E-state index contributed by atoms with van der Waals surface area (Å²) in [5.74, 6) is -0.319. The van der Waals surface area contributed by atoms with Crippen LogP contribution in [0.25, 0.3) is 5.78 Å². The summed E-state index contributed by atoms with van der Waals surface area (Å²) in [6, 6.07) is -0.752. The van der Waals surface area contributed by atoms with E-state index in [1.807, 2.05) is 0 Å². The molecule has 2 N–H and O–H groups in total. The Morgan fingerprint density at radius 3 is 2.71 bits per heavy atom. The maximum absolute atomic E-state index is 11.1. The topological polar surface area (TPSA) is 140 Å². The fraction of sp³-hybridized carbons (Fsp3) is 0. The molecular weight excluding hydrogens is 257 g/mol. The monoisotopic (exact) mass is 259 g/mol. The second-order valence-electron chi connectivity index (χ2n) is 2.87. The summed E-state index contributed by atoms with van der Waals surface area (Å²) < 4.78 is 1.16. The van der Waals surface area contributed by atoms with Gasteiger partial charge in [0.25, 0.3) is 0 Å². The van der Waals surface area contributed by atoms with Crippen LogP contribution in [0.2, 0.25) is 0 Å². The van der Waals surface area contributed by atoms with E-state index in [0.717, 1.165) is 4.40 Å². The standard InChI is InChI=1S/C6H3N7O3.K/c14-4-7-1-8-5(15)10-3-12-6(16)11-2(9-4)13(1)3;/h(H3,7,8,9,10,11,12,14,15,16);/q;+1/p-1. The van der Waals surface area contributed by atoms with Gasteiger partial charge < -0.3 is 10.4 Å². The van der Waals surface area contributed by atoms with Crippen molar-refractivity contribution < 1.29 is 56.5 Å². The predicted octanol–water partition coefficient (Wildman–Crippen LogP) is -6.05. The first kappa shape index (κ1) is 12.3. The Kier molecular flexibility index (Phi) is 3.09. The van der Waals surface area contributed by atoms with Gasteiger partial charge in [0.05, 0.1) is 6.02 Å². The number of amidine groups is 1. The molecule has 0 fully saturated rings. The van der Waals surface area contributed by atoms with E-state index in [4.69, 9.17) is 0 Å². The third kappa shape index (κ3) is 2.02. The maximum Gasteiger partial charge on any atom is 1.00 e. The Morgan fingerprint density at radius 2 is 1.94 bits per heavy atom. The number of H-pyrrole nitrogens is 1. The second kappa shape index (κ2) is 4.27. The van der Waals surface area contributed by atoms with Gasteiger partial charge in [-0.15, -0.1) is 0 Å². The molecule has 0 bridgehead atoms. The summed E-state index contributed by atoms with van der Waals surface area (Å²) in [4.78, 5) is 38.2. The van der Waals surface area contributed by atoms with Crippen LogP contribution in [0.5, 0.6) is 0 Å². The van der Waals surface area contributed by atoms with Gasteiger partial charge in [-0.25, -0.2) is 19.0 Å². The van der Waals surface area contributed by atoms with Crippen LogP contribution in [0, 0.1) is 0 Å². The Bertz CT molecular complexity index is 742. The molecule has 0 aliphatic carbocycles. The van der Waals surface area contributed by atoms with Crippen molar-refractivity contribution in [1.29, 1.82) is 0 Å². The van der Waals surface area contributed by atoms with Gasteiger partial charge in [0.1, 0.15) is 0 Å². The van der Waals surface area contributed by atoms with Crippen molar-refractivity contribution in [3.63, 3.8) is 0 Å². The minimum Gasteiger partial charge on any atom is -0.846 e. The molecule has 0 unspecified atom stereocenters. The van der Waals surface area contributed by atoms with Crippen LogP contribution >= 0.6 is 0 Å². The third-order valence-electron chi connectivity index (χ3n) is 1.87. The van der Waals surface area contributed by atoms with Crippen LogP contribution in [0.1, 0.15) is 0 Å². The first-order chi connectivity index (χ1) is 7.63. The number of hydrogen-bond donors (Lipinski definition) is 2. The van der Waals surface area contributed by atoms with E-state index in [1.165, 1.54) is 0 Å². The number of hydrogen-bond acceptors (Lipinski definition) is 8. The van der Waals surface area contributed by atoms with Crippen molar-refractivity contribution in [3.8, 4) is 0 Å². The fourth-order valence-corrected chi connectivity index (χ4v) is 1.32. The summed E-state index contributed by atoms with van der Waals surface area (Å²) >= 11 is 0. The number of rotatable bonds is 0. The molecule has 11 heteroatoms. The minimum atomic E-state index is -0.846. The smallest absolute Gasteiger partial charge is 0.846 e. The third-order valence-corrected chi connectivity index (χ3v) is 1.87.